The maximum absolute atomic E-state index is 5.53. The minimum absolute atomic E-state index is 0.312. The highest BCUT2D eigenvalue weighted by molar-refractivity contribution is 7.80. The summed E-state index contributed by atoms with van der Waals surface area (Å²) in [5, 5.41) is 8.17. The van der Waals surface area contributed by atoms with Crippen LogP contribution in [0.4, 0.5) is 0 Å². The van der Waals surface area contributed by atoms with Gasteiger partial charge in [0.05, 0.1) is 6.10 Å². The molecule has 2 rings (SSSR count). The lowest BCUT2D eigenvalue weighted by Crippen LogP contribution is -2.37. The molecule has 0 aromatic heterocycles. The van der Waals surface area contributed by atoms with Gasteiger partial charge in [-0.2, -0.15) is 5.10 Å². The highest BCUT2D eigenvalue weighted by Gasteiger charge is 2.16. The molecule has 4 nitrogen and oxygen atoms in total. The molecule has 1 saturated heterocycles. The molecule has 2 aliphatic rings. The number of hydrogen-bond acceptors (Lipinski definition) is 3. The molecule has 0 radical (unpaired) electrons. The number of thiocarbonyl (C=S) groups is 1. The number of hydrazone groups is 1. The Morgan fingerprint density at radius 1 is 1.44 bits per heavy atom. The van der Waals surface area contributed by atoms with Gasteiger partial charge >= 0.3 is 0 Å². The van der Waals surface area contributed by atoms with E-state index in [0.717, 1.165) is 44.8 Å². The molecule has 1 aliphatic heterocycles. The number of nitrogens with zero attached hydrogens (tertiary/aromatic N) is 1. The van der Waals surface area contributed by atoms with Gasteiger partial charge < -0.3 is 10.1 Å². The molecule has 0 amide bonds. The van der Waals surface area contributed by atoms with Crippen LogP contribution in [0.1, 0.15) is 45.4 Å². The molecule has 2 fully saturated rings. The molecule has 1 saturated carbocycles. The summed E-state index contributed by atoms with van der Waals surface area (Å²) in [7, 11) is 0. The van der Waals surface area contributed by atoms with Crippen molar-refractivity contribution in [2.45, 2.75) is 51.6 Å². The van der Waals surface area contributed by atoms with Gasteiger partial charge in [0.2, 0.25) is 0 Å². The minimum atomic E-state index is 0.312. The van der Waals surface area contributed by atoms with Crippen molar-refractivity contribution >= 4 is 23.0 Å². The quantitative estimate of drug-likeness (QED) is 0.609. The van der Waals surface area contributed by atoms with Crippen LogP contribution in [0, 0.1) is 5.92 Å². The second kappa shape index (κ2) is 7.04. The lowest BCUT2D eigenvalue weighted by atomic mass is 9.89. The normalized spacial score (nSPS) is 30.4. The molecule has 102 valence electrons. The summed E-state index contributed by atoms with van der Waals surface area (Å²) in [5.41, 5.74) is 4.19. The molecule has 2 atom stereocenters. The number of ether oxygens (including phenoxy) is 1. The second-order valence-corrected chi connectivity index (χ2v) is 5.74. The smallest absolute Gasteiger partial charge is 0.187 e. The van der Waals surface area contributed by atoms with E-state index in [0.29, 0.717) is 11.2 Å². The molecule has 0 bridgehead atoms. The minimum Gasteiger partial charge on any atom is -0.376 e. The van der Waals surface area contributed by atoms with Gasteiger partial charge in [0.1, 0.15) is 0 Å². The van der Waals surface area contributed by atoms with Gasteiger partial charge in [-0.15, -0.1) is 0 Å². The predicted octanol–water partition coefficient (Wildman–Crippen LogP) is 2.20. The summed E-state index contributed by atoms with van der Waals surface area (Å²) < 4.78 is 5.53. The zero-order valence-corrected chi connectivity index (χ0v) is 11.9. The Balaban J connectivity index is 1.65. The first-order valence-corrected chi connectivity index (χ1v) is 7.35. The molecule has 18 heavy (non-hydrogen) atoms. The third-order valence-corrected chi connectivity index (χ3v) is 3.81. The van der Waals surface area contributed by atoms with Crippen LogP contribution in [-0.2, 0) is 4.74 Å². The van der Waals surface area contributed by atoms with Crippen molar-refractivity contribution < 1.29 is 4.74 Å². The van der Waals surface area contributed by atoms with Gasteiger partial charge in [0, 0.05) is 18.9 Å². The second-order valence-electron chi connectivity index (χ2n) is 5.34. The molecular formula is C13H23N3OS. The van der Waals surface area contributed by atoms with Crippen LogP contribution in [0.2, 0.25) is 0 Å². The summed E-state index contributed by atoms with van der Waals surface area (Å²) in [6.45, 7) is 3.95. The zero-order valence-electron chi connectivity index (χ0n) is 11.1. The fraction of sp³-hybridized carbons (Fsp3) is 0.846. The Morgan fingerprint density at radius 3 is 3.06 bits per heavy atom. The topological polar surface area (TPSA) is 45.7 Å². The third-order valence-electron chi connectivity index (χ3n) is 3.58. The van der Waals surface area contributed by atoms with E-state index in [2.05, 4.69) is 22.8 Å². The van der Waals surface area contributed by atoms with Gasteiger partial charge in [-0.05, 0) is 56.7 Å². The molecular weight excluding hydrogens is 246 g/mol. The van der Waals surface area contributed by atoms with Gasteiger partial charge in [0.25, 0.3) is 0 Å². The van der Waals surface area contributed by atoms with Gasteiger partial charge in [-0.25, -0.2) is 0 Å². The highest BCUT2D eigenvalue weighted by Crippen LogP contribution is 2.20. The first-order valence-electron chi connectivity index (χ1n) is 6.95. The lowest BCUT2D eigenvalue weighted by Gasteiger charge is -2.19. The maximum atomic E-state index is 5.53. The van der Waals surface area contributed by atoms with Gasteiger partial charge in [-0.3, -0.25) is 5.43 Å². The van der Waals surface area contributed by atoms with Crippen LogP contribution < -0.4 is 10.7 Å². The van der Waals surface area contributed by atoms with Crippen molar-refractivity contribution in [2.24, 2.45) is 11.0 Å². The third kappa shape index (κ3) is 4.53. The van der Waals surface area contributed by atoms with E-state index in [4.69, 9.17) is 17.0 Å². The van der Waals surface area contributed by atoms with Crippen LogP contribution in [0.25, 0.3) is 0 Å². The Bertz CT molecular complexity index is 313. The van der Waals surface area contributed by atoms with Crippen molar-refractivity contribution in [1.29, 1.82) is 0 Å². The monoisotopic (exact) mass is 269 g/mol. The van der Waals surface area contributed by atoms with E-state index in [1.165, 1.54) is 18.6 Å². The fourth-order valence-electron chi connectivity index (χ4n) is 2.54. The fourth-order valence-corrected chi connectivity index (χ4v) is 2.67. The molecule has 0 aromatic carbocycles. The molecule has 0 spiro atoms. The van der Waals surface area contributed by atoms with E-state index >= 15 is 0 Å². The van der Waals surface area contributed by atoms with Crippen molar-refractivity contribution in [1.82, 2.24) is 10.7 Å². The summed E-state index contributed by atoms with van der Waals surface area (Å²) in [6, 6.07) is 0. The van der Waals surface area contributed by atoms with Crippen LogP contribution in [0.3, 0.4) is 0 Å². The summed E-state index contributed by atoms with van der Waals surface area (Å²) in [6.07, 6.45) is 7.37. The van der Waals surface area contributed by atoms with Crippen LogP contribution in [0.15, 0.2) is 5.10 Å². The largest absolute Gasteiger partial charge is 0.376 e. The first-order chi connectivity index (χ1) is 8.74. The van der Waals surface area contributed by atoms with Crippen molar-refractivity contribution in [3.8, 4) is 0 Å². The molecule has 2 N–H and O–H groups in total. The summed E-state index contributed by atoms with van der Waals surface area (Å²) >= 11 is 5.20. The molecule has 5 heteroatoms. The van der Waals surface area contributed by atoms with Crippen molar-refractivity contribution in [3.63, 3.8) is 0 Å². The Kier molecular flexibility index (Phi) is 5.38. The summed E-state index contributed by atoms with van der Waals surface area (Å²) in [5.74, 6) is 0.757. The average Bonchev–Trinajstić information content (AvgIpc) is 2.87. The van der Waals surface area contributed by atoms with Crippen LogP contribution >= 0.6 is 12.2 Å². The highest BCUT2D eigenvalue weighted by atomic mass is 32.1. The maximum Gasteiger partial charge on any atom is 0.187 e. The van der Waals surface area contributed by atoms with E-state index in [1.807, 2.05) is 0 Å². The molecule has 0 aromatic rings. The Labute approximate surface area is 115 Å². The van der Waals surface area contributed by atoms with Crippen LogP contribution in [-0.4, -0.2) is 30.1 Å². The van der Waals surface area contributed by atoms with Gasteiger partial charge in [-0.1, -0.05) is 6.92 Å². The number of nitrogens with one attached hydrogen (secondary N) is 2. The lowest BCUT2D eigenvalue weighted by molar-refractivity contribution is 0.114. The zero-order chi connectivity index (χ0) is 12.8. The van der Waals surface area contributed by atoms with Crippen molar-refractivity contribution in [3.05, 3.63) is 0 Å². The van der Waals surface area contributed by atoms with Crippen molar-refractivity contribution in [2.75, 3.05) is 13.2 Å². The SMILES string of the molecule is C[C@H]1CCC/C(=N\NC(=S)NC[C@@H]2CCCO2)C1. The number of hydrogen-bond donors (Lipinski definition) is 2. The Hall–Kier alpha value is -0.680. The first kappa shape index (κ1) is 13.7. The predicted molar refractivity (Wildman–Crippen MR) is 77.8 cm³/mol. The van der Waals surface area contributed by atoms with Crippen LogP contribution in [0.5, 0.6) is 0 Å². The standard InChI is InChI=1S/C13H23N3OS/c1-10-4-2-5-11(8-10)15-16-13(18)14-9-12-6-3-7-17-12/h10,12H,2-9H2,1H3,(H2,14,16,18)/b15-11+/t10-,12-/m0/s1. The van der Waals surface area contributed by atoms with E-state index < -0.39 is 0 Å². The van der Waals surface area contributed by atoms with E-state index in [-0.39, 0.29) is 0 Å². The Morgan fingerprint density at radius 2 is 2.33 bits per heavy atom. The molecule has 0 unspecified atom stereocenters. The average molecular weight is 269 g/mol. The molecule has 1 aliphatic carbocycles. The summed E-state index contributed by atoms with van der Waals surface area (Å²) in [4.78, 5) is 0. The van der Waals surface area contributed by atoms with E-state index in [9.17, 15) is 0 Å². The van der Waals surface area contributed by atoms with E-state index in [1.54, 1.807) is 0 Å². The molecule has 1 heterocycles. The van der Waals surface area contributed by atoms with Gasteiger partial charge in [0.15, 0.2) is 5.11 Å². The number of rotatable bonds is 3.